The van der Waals surface area contributed by atoms with E-state index in [1.165, 1.54) is 13.0 Å². The van der Waals surface area contributed by atoms with Crippen LogP contribution in [0.4, 0.5) is 19.1 Å². The van der Waals surface area contributed by atoms with Crippen molar-refractivity contribution in [1.82, 2.24) is 9.97 Å². The summed E-state index contributed by atoms with van der Waals surface area (Å²) in [6.45, 7) is 3.38. The van der Waals surface area contributed by atoms with Crippen LogP contribution < -0.4 is 4.90 Å². The molecule has 0 fully saturated rings. The van der Waals surface area contributed by atoms with Gasteiger partial charge in [-0.2, -0.15) is 13.2 Å². The fraction of sp³-hybridized carbons (Fsp3) is 0.545. The van der Waals surface area contributed by atoms with E-state index in [9.17, 15) is 18.0 Å². The number of carboxylic acids is 1. The predicted octanol–water partition coefficient (Wildman–Crippen LogP) is 2.26. The zero-order chi connectivity index (χ0) is 14.8. The lowest BCUT2D eigenvalue weighted by molar-refractivity contribution is -0.120. The molecule has 0 unspecified atom stereocenters. The second-order valence-electron chi connectivity index (χ2n) is 4.34. The molecular formula is C11H14F3N3O2. The Bertz CT molecular complexity index is 475. The lowest BCUT2D eigenvalue weighted by Gasteiger charge is -2.27. The van der Waals surface area contributed by atoms with Crippen LogP contribution in [-0.4, -0.2) is 39.8 Å². The van der Waals surface area contributed by atoms with Crippen LogP contribution in [0.5, 0.6) is 0 Å². The van der Waals surface area contributed by atoms with E-state index in [2.05, 4.69) is 9.97 Å². The second-order valence-corrected chi connectivity index (χ2v) is 4.34. The average Bonchev–Trinajstić information content (AvgIpc) is 2.23. The van der Waals surface area contributed by atoms with Crippen molar-refractivity contribution in [3.05, 3.63) is 17.5 Å². The van der Waals surface area contributed by atoms with Gasteiger partial charge in [0.15, 0.2) is 5.69 Å². The highest BCUT2D eigenvalue weighted by Crippen LogP contribution is 2.22. The largest absolute Gasteiger partial charge is 0.477 e. The molecule has 106 valence electrons. The first-order valence-electron chi connectivity index (χ1n) is 5.52. The number of nitrogens with zero attached hydrogens (tertiary/aromatic N) is 3. The molecule has 1 heterocycles. The Balaban J connectivity index is 3.19. The Morgan fingerprint density at radius 2 is 2.00 bits per heavy atom. The summed E-state index contributed by atoms with van der Waals surface area (Å²) in [4.78, 5) is 19.3. The van der Waals surface area contributed by atoms with Crippen molar-refractivity contribution >= 4 is 11.9 Å². The number of aryl methyl sites for hydroxylation is 1. The van der Waals surface area contributed by atoms with Gasteiger partial charge in [0.1, 0.15) is 6.54 Å². The standard InChI is InChI=1S/C11H14F3N3O2/c1-6(2)17(5-11(12,13)14)10-15-7(3)4-8(16-10)9(18)19/h4,6H,5H2,1-3H3,(H,18,19). The molecule has 8 heteroatoms. The zero-order valence-electron chi connectivity index (χ0n) is 10.7. The van der Waals surface area contributed by atoms with Crippen LogP contribution in [0.3, 0.4) is 0 Å². The molecule has 0 aliphatic carbocycles. The van der Waals surface area contributed by atoms with Gasteiger partial charge in [-0.05, 0) is 26.8 Å². The molecule has 5 nitrogen and oxygen atoms in total. The van der Waals surface area contributed by atoms with Crippen molar-refractivity contribution in [3.8, 4) is 0 Å². The van der Waals surface area contributed by atoms with E-state index in [0.717, 1.165) is 4.90 Å². The number of hydrogen-bond acceptors (Lipinski definition) is 4. The van der Waals surface area contributed by atoms with Gasteiger partial charge < -0.3 is 10.0 Å². The smallest absolute Gasteiger partial charge is 0.406 e. The molecule has 19 heavy (non-hydrogen) atoms. The molecule has 0 amide bonds. The monoisotopic (exact) mass is 277 g/mol. The van der Waals surface area contributed by atoms with Crippen molar-refractivity contribution < 1.29 is 23.1 Å². The summed E-state index contributed by atoms with van der Waals surface area (Å²) < 4.78 is 37.5. The normalized spacial score (nSPS) is 11.7. The predicted molar refractivity (Wildman–Crippen MR) is 62.3 cm³/mol. The minimum Gasteiger partial charge on any atom is -0.477 e. The Morgan fingerprint density at radius 3 is 2.42 bits per heavy atom. The topological polar surface area (TPSA) is 66.3 Å². The van der Waals surface area contributed by atoms with E-state index < -0.39 is 24.7 Å². The molecule has 0 aliphatic heterocycles. The minimum atomic E-state index is -4.42. The van der Waals surface area contributed by atoms with Gasteiger partial charge in [0.25, 0.3) is 0 Å². The van der Waals surface area contributed by atoms with E-state index in [-0.39, 0.29) is 11.6 Å². The summed E-state index contributed by atoms with van der Waals surface area (Å²) in [5.41, 5.74) is -0.0226. The van der Waals surface area contributed by atoms with Gasteiger partial charge in [0, 0.05) is 11.7 Å². The molecule has 0 saturated heterocycles. The minimum absolute atomic E-state index is 0.232. The number of hydrogen-bond donors (Lipinski definition) is 1. The van der Waals surface area contributed by atoms with E-state index >= 15 is 0 Å². The summed E-state index contributed by atoms with van der Waals surface area (Å²) in [5.74, 6) is -1.54. The first-order valence-corrected chi connectivity index (χ1v) is 5.52. The Kier molecular flexibility index (Phi) is 4.33. The maximum atomic E-state index is 12.5. The van der Waals surface area contributed by atoms with E-state index in [0.29, 0.717) is 5.69 Å². The van der Waals surface area contributed by atoms with Crippen LogP contribution in [0.25, 0.3) is 0 Å². The molecule has 0 aromatic carbocycles. The highest BCUT2D eigenvalue weighted by molar-refractivity contribution is 5.85. The number of anilines is 1. The SMILES string of the molecule is Cc1cc(C(=O)O)nc(N(CC(F)(F)F)C(C)C)n1. The fourth-order valence-corrected chi connectivity index (χ4v) is 1.47. The van der Waals surface area contributed by atoms with Crippen LogP contribution in [0, 0.1) is 6.92 Å². The Hall–Kier alpha value is -1.86. The van der Waals surface area contributed by atoms with E-state index in [1.807, 2.05) is 0 Å². The van der Waals surface area contributed by atoms with E-state index in [1.54, 1.807) is 13.8 Å². The number of carbonyl (C=O) groups is 1. The molecule has 0 spiro atoms. The summed E-state index contributed by atoms with van der Waals surface area (Å²) in [6, 6.07) is 0.697. The molecular weight excluding hydrogens is 263 g/mol. The summed E-state index contributed by atoms with van der Waals surface area (Å²) in [7, 11) is 0. The van der Waals surface area contributed by atoms with Crippen LogP contribution in [-0.2, 0) is 0 Å². The van der Waals surface area contributed by atoms with Crippen molar-refractivity contribution in [2.75, 3.05) is 11.4 Å². The van der Waals surface area contributed by atoms with Gasteiger partial charge in [-0.25, -0.2) is 14.8 Å². The number of carboxylic acid groups (broad SMARTS) is 1. The summed E-state index contributed by atoms with van der Waals surface area (Å²) >= 11 is 0. The Morgan fingerprint density at radius 1 is 1.42 bits per heavy atom. The zero-order valence-corrected chi connectivity index (χ0v) is 10.7. The van der Waals surface area contributed by atoms with Gasteiger partial charge in [-0.3, -0.25) is 0 Å². The third-order valence-corrected chi connectivity index (χ3v) is 2.29. The van der Waals surface area contributed by atoms with Crippen LogP contribution >= 0.6 is 0 Å². The summed E-state index contributed by atoms with van der Waals surface area (Å²) in [5, 5.41) is 8.86. The third kappa shape index (κ3) is 4.38. The quantitative estimate of drug-likeness (QED) is 0.914. The van der Waals surface area contributed by atoms with Crippen LogP contribution in [0.2, 0.25) is 0 Å². The molecule has 1 aromatic rings. The molecule has 0 bridgehead atoms. The van der Waals surface area contributed by atoms with Gasteiger partial charge in [-0.1, -0.05) is 0 Å². The van der Waals surface area contributed by atoms with Gasteiger partial charge in [0.05, 0.1) is 0 Å². The second kappa shape index (κ2) is 5.41. The highest BCUT2D eigenvalue weighted by Gasteiger charge is 2.33. The van der Waals surface area contributed by atoms with E-state index in [4.69, 9.17) is 5.11 Å². The van der Waals surface area contributed by atoms with Crippen molar-refractivity contribution in [1.29, 1.82) is 0 Å². The molecule has 0 aliphatic rings. The molecule has 0 radical (unpaired) electrons. The molecule has 0 saturated carbocycles. The number of rotatable bonds is 4. The van der Waals surface area contributed by atoms with Crippen LogP contribution in [0.15, 0.2) is 6.07 Å². The fourth-order valence-electron chi connectivity index (χ4n) is 1.47. The number of halogens is 3. The van der Waals surface area contributed by atoms with Crippen molar-refractivity contribution in [3.63, 3.8) is 0 Å². The first kappa shape index (κ1) is 15.2. The molecule has 1 rings (SSSR count). The first-order chi connectivity index (χ1) is 8.60. The van der Waals surface area contributed by atoms with Gasteiger partial charge in [0.2, 0.25) is 5.95 Å². The molecule has 1 N–H and O–H groups in total. The maximum absolute atomic E-state index is 12.5. The van der Waals surface area contributed by atoms with Crippen molar-refractivity contribution in [2.24, 2.45) is 0 Å². The van der Waals surface area contributed by atoms with Gasteiger partial charge in [-0.15, -0.1) is 0 Å². The maximum Gasteiger partial charge on any atom is 0.406 e. The number of aromatic nitrogens is 2. The summed E-state index contributed by atoms with van der Waals surface area (Å²) in [6.07, 6.45) is -4.42. The van der Waals surface area contributed by atoms with Crippen LogP contribution in [0.1, 0.15) is 30.0 Å². The molecule has 0 atom stereocenters. The molecule has 1 aromatic heterocycles. The van der Waals surface area contributed by atoms with Gasteiger partial charge >= 0.3 is 12.1 Å². The number of alkyl halides is 3. The highest BCUT2D eigenvalue weighted by atomic mass is 19.4. The number of aromatic carboxylic acids is 1. The third-order valence-electron chi connectivity index (χ3n) is 2.29. The lowest BCUT2D eigenvalue weighted by Crippen LogP contribution is -2.40. The lowest BCUT2D eigenvalue weighted by atomic mass is 10.3. The Labute approximate surface area is 108 Å². The van der Waals surface area contributed by atoms with Crippen molar-refractivity contribution in [2.45, 2.75) is 33.0 Å². The average molecular weight is 277 g/mol.